The van der Waals surface area contributed by atoms with Gasteiger partial charge in [0.15, 0.2) is 0 Å². The summed E-state index contributed by atoms with van der Waals surface area (Å²) in [5.41, 5.74) is 9.55. The summed E-state index contributed by atoms with van der Waals surface area (Å²) in [6.07, 6.45) is 0.861. The molecule has 0 spiro atoms. The molecule has 0 aromatic heterocycles. The minimum absolute atomic E-state index is 0.642. The Morgan fingerprint density at radius 2 is 2.00 bits per heavy atom. The average Bonchev–Trinajstić information content (AvgIpc) is 2.09. The van der Waals surface area contributed by atoms with Crippen LogP contribution in [0.5, 0.6) is 0 Å². The van der Waals surface area contributed by atoms with Gasteiger partial charge in [-0.05, 0) is 30.7 Å². The molecule has 1 aromatic carbocycles. The van der Waals surface area contributed by atoms with Gasteiger partial charge in [-0.1, -0.05) is 12.1 Å². The Hall–Kier alpha value is -1.10. The maximum Gasteiger partial charge on any atom is 0.0634 e. The zero-order valence-electron chi connectivity index (χ0n) is 6.66. The topological polar surface area (TPSA) is 67.5 Å². The minimum atomic E-state index is 0.642. The van der Waals surface area contributed by atoms with Crippen molar-refractivity contribution in [3.63, 3.8) is 0 Å². The average molecular weight is 168 g/mol. The molecule has 0 unspecified atom stereocenters. The van der Waals surface area contributed by atoms with E-state index in [4.69, 9.17) is 11.0 Å². The zero-order valence-corrected chi connectivity index (χ0v) is 6.66. The van der Waals surface area contributed by atoms with Gasteiger partial charge in [0.05, 0.1) is 5.69 Å². The van der Waals surface area contributed by atoms with Crippen LogP contribution in [0.4, 0.5) is 5.69 Å². The Morgan fingerprint density at radius 1 is 1.33 bits per heavy atom. The van der Waals surface area contributed by atoms with Crippen LogP contribution < -0.4 is 11.2 Å². The molecule has 0 aliphatic rings. The summed E-state index contributed by atoms with van der Waals surface area (Å²) >= 11 is 0. The molecule has 0 aliphatic heterocycles. The number of anilines is 1. The molecular formula is C8H12N2O2. The van der Waals surface area contributed by atoms with Gasteiger partial charge in [-0.3, -0.25) is 0 Å². The van der Waals surface area contributed by atoms with Crippen LogP contribution in [-0.4, -0.2) is 11.8 Å². The van der Waals surface area contributed by atoms with Crippen molar-refractivity contribution in [3.8, 4) is 0 Å². The number of hydrogen-bond acceptors (Lipinski definition) is 4. The molecule has 12 heavy (non-hydrogen) atoms. The van der Waals surface area contributed by atoms with Crippen molar-refractivity contribution in [1.29, 1.82) is 0 Å². The lowest BCUT2D eigenvalue weighted by molar-refractivity contribution is -0.215. The lowest BCUT2D eigenvalue weighted by atomic mass is 10.1. The van der Waals surface area contributed by atoms with E-state index in [1.165, 1.54) is 5.56 Å². The van der Waals surface area contributed by atoms with Gasteiger partial charge in [-0.15, -0.1) is 4.99 Å². The molecule has 66 valence electrons. The highest BCUT2D eigenvalue weighted by Gasteiger charge is 1.92. The first-order chi connectivity index (χ1) is 5.86. The fourth-order valence-electron chi connectivity index (χ4n) is 0.959. The van der Waals surface area contributed by atoms with E-state index in [9.17, 15) is 0 Å². The summed E-state index contributed by atoms with van der Waals surface area (Å²) in [6.45, 7) is 0.642. The number of nitrogens with two attached hydrogens (primary N) is 1. The van der Waals surface area contributed by atoms with E-state index in [0.717, 1.165) is 6.42 Å². The van der Waals surface area contributed by atoms with Crippen LogP contribution in [0.1, 0.15) is 5.56 Å². The maximum absolute atomic E-state index is 8.06. The van der Waals surface area contributed by atoms with Gasteiger partial charge in [-0.25, -0.2) is 10.7 Å². The molecular weight excluding hydrogens is 156 g/mol. The molecule has 0 atom stereocenters. The number of nitrogens with one attached hydrogen (secondary N) is 1. The second-order valence-corrected chi connectivity index (χ2v) is 2.43. The lowest BCUT2D eigenvalue weighted by Gasteiger charge is -2.02. The Morgan fingerprint density at radius 3 is 2.50 bits per heavy atom. The zero-order chi connectivity index (χ0) is 8.81. The molecule has 1 rings (SSSR count). The van der Waals surface area contributed by atoms with Gasteiger partial charge in [0.25, 0.3) is 0 Å². The van der Waals surface area contributed by atoms with Crippen molar-refractivity contribution < 1.29 is 10.2 Å². The first-order valence-electron chi connectivity index (χ1n) is 3.72. The number of hydrogen-bond donors (Lipinski definition) is 3. The van der Waals surface area contributed by atoms with Crippen molar-refractivity contribution in [2.24, 2.45) is 5.73 Å². The first-order valence-corrected chi connectivity index (χ1v) is 3.72. The van der Waals surface area contributed by atoms with E-state index in [1.807, 2.05) is 12.1 Å². The Balaban J connectivity index is 2.58. The molecule has 0 bridgehead atoms. The lowest BCUT2D eigenvalue weighted by Crippen LogP contribution is -2.02. The van der Waals surface area contributed by atoms with Gasteiger partial charge >= 0.3 is 0 Å². The smallest absolute Gasteiger partial charge is 0.0634 e. The predicted molar refractivity (Wildman–Crippen MR) is 46.5 cm³/mol. The largest absolute Gasteiger partial charge is 0.330 e. The van der Waals surface area contributed by atoms with Gasteiger partial charge in [0.1, 0.15) is 0 Å². The minimum Gasteiger partial charge on any atom is -0.330 e. The molecule has 4 heteroatoms. The van der Waals surface area contributed by atoms with E-state index < -0.39 is 0 Å². The van der Waals surface area contributed by atoms with E-state index in [0.29, 0.717) is 12.2 Å². The van der Waals surface area contributed by atoms with E-state index in [-0.39, 0.29) is 0 Å². The molecule has 1 aromatic rings. The van der Waals surface area contributed by atoms with Gasteiger partial charge < -0.3 is 5.73 Å². The van der Waals surface area contributed by atoms with Crippen LogP contribution in [-0.2, 0) is 11.4 Å². The standard InChI is InChI=1S/C8H12N2O2/c9-6-5-7-1-3-8(4-2-7)10-12-11/h1-4,10-11H,5-6,9H2. The summed E-state index contributed by atoms with van der Waals surface area (Å²) in [5.74, 6) is 0. The second-order valence-electron chi connectivity index (χ2n) is 2.43. The van der Waals surface area contributed by atoms with Crippen molar-refractivity contribution >= 4 is 5.69 Å². The molecule has 4 nitrogen and oxygen atoms in total. The fraction of sp³-hybridized carbons (Fsp3) is 0.250. The van der Waals surface area contributed by atoms with E-state index in [2.05, 4.69) is 10.5 Å². The summed E-state index contributed by atoms with van der Waals surface area (Å²) in [4.78, 5) is 3.75. The fourth-order valence-corrected chi connectivity index (χ4v) is 0.959. The van der Waals surface area contributed by atoms with E-state index >= 15 is 0 Å². The third kappa shape index (κ3) is 2.50. The van der Waals surface area contributed by atoms with Crippen LogP contribution >= 0.6 is 0 Å². The first kappa shape index (κ1) is 8.99. The molecule has 0 amide bonds. The second kappa shape index (κ2) is 4.71. The summed E-state index contributed by atoms with van der Waals surface area (Å²) in [7, 11) is 0. The Bertz CT molecular complexity index is 198. The third-order valence-electron chi connectivity index (χ3n) is 1.55. The summed E-state index contributed by atoms with van der Waals surface area (Å²) in [6, 6.07) is 7.46. The highest BCUT2D eigenvalue weighted by Crippen LogP contribution is 2.08. The van der Waals surface area contributed by atoms with Crippen molar-refractivity contribution in [3.05, 3.63) is 29.8 Å². The molecule has 0 radical (unpaired) electrons. The van der Waals surface area contributed by atoms with Crippen molar-refractivity contribution in [2.45, 2.75) is 6.42 Å². The van der Waals surface area contributed by atoms with Crippen LogP contribution in [0.2, 0.25) is 0 Å². The molecule has 0 aliphatic carbocycles. The van der Waals surface area contributed by atoms with Crippen molar-refractivity contribution in [1.82, 2.24) is 0 Å². The van der Waals surface area contributed by atoms with Crippen LogP contribution in [0.25, 0.3) is 0 Å². The van der Waals surface area contributed by atoms with Crippen LogP contribution in [0.15, 0.2) is 24.3 Å². The van der Waals surface area contributed by atoms with E-state index in [1.54, 1.807) is 12.1 Å². The molecule has 0 saturated heterocycles. The van der Waals surface area contributed by atoms with Crippen molar-refractivity contribution in [2.75, 3.05) is 12.0 Å². The van der Waals surface area contributed by atoms with Gasteiger partial charge in [0.2, 0.25) is 0 Å². The number of benzene rings is 1. The molecule has 4 N–H and O–H groups in total. The quantitative estimate of drug-likeness (QED) is 0.463. The van der Waals surface area contributed by atoms with Crippen LogP contribution in [0.3, 0.4) is 0 Å². The van der Waals surface area contributed by atoms with Gasteiger partial charge in [0, 0.05) is 0 Å². The summed E-state index contributed by atoms with van der Waals surface area (Å²) in [5, 5.41) is 8.06. The predicted octanol–water partition coefficient (Wildman–Crippen LogP) is 1.00. The monoisotopic (exact) mass is 168 g/mol. The summed E-state index contributed by atoms with van der Waals surface area (Å²) < 4.78 is 0. The molecule has 0 fully saturated rings. The highest BCUT2D eigenvalue weighted by molar-refractivity contribution is 5.42. The van der Waals surface area contributed by atoms with Gasteiger partial charge in [-0.2, -0.15) is 0 Å². The SMILES string of the molecule is NCCc1ccc(NOO)cc1. The third-order valence-corrected chi connectivity index (χ3v) is 1.55. The highest BCUT2D eigenvalue weighted by atomic mass is 17.2. The Labute approximate surface area is 70.8 Å². The Kier molecular flexibility index (Phi) is 3.53. The maximum atomic E-state index is 8.06. The molecule has 0 saturated carbocycles. The van der Waals surface area contributed by atoms with Crippen LogP contribution in [0, 0.1) is 0 Å². The normalized spacial score (nSPS) is 9.83. The number of rotatable bonds is 4. The molecule has 0 heterocycles.